The average Bonchev–Trinajstić information content (AvgIpc) is 2.14. The normalized spacial score (nSPS) is 23.4. The number of halogens is 3. The predicted octanol–water partition coefficient (Wildman–Crippen LogP) is 2.88. The second-order valence-corrected chi connectivity index (χ2v) is 3.76. The van der Waals surface area contributed by atoms with Crippen molar-refractivity contribution in [1.29, 1.82) is 0 Å². The molecule has 14 heavy (non-hydrogen) atoms. The van der Waals surface area contributed by atoms with E-state index in [1.165, 1.54) is 6.08 Å². The van der Waals surface area contributed by atoms with Crippen molar-refractivity contribution in [2.24, 2.45) is 5.92 Å². The van der Waals surface area contributed by atoms with Crippen LogP contribution < -0.4 is 5.32 Å². The molecule has 1 N–H and O–H groups in total. The number of nitrogens with one attached hydrogen (secondary N) is 1. The van der Waals surface area contributed by atoms with E-state index in [-0.39, 0.29) is 12.0 Å². The topological polar surface area (TPSA) is 12.0 Å². The summed E-state index contributed by atoms with van der Waals surface area (Å²) in [5, 5.41) is 3.01. The third-order valence-electron chi connectivity index (χ3n) is 2.69. The van der Waals surface area contributed by atoms with Gasteiger partial charge < -0.3 is 5.32 Å². The molecular formula is C10H16F3N. The fourth-order valence-corrected chi connectivity index (χ4v) is 1.76. The summed E-state index contributed by atoms with van der Waals surface area (Å²) < 4.78 is 36.7. The number of alkyl halides is 3. The molecule has 0 saturated carbocycles. The van der Waals surface area contributed by atoms with Gasteiger partial charge in [-0.3, -0.25) is 0 Å². The largest absolute Gasteiger partial charge is 0.412 e. The summed E-state index contributed by atoms with van der Waals surface area (Å²) in [7, 11) is 1.86. The van der Waals surface area contributed by atoms with Crippen LogP contribution in [0.1, 0.15) is 25.7 Å². The molecule has 82 valence electrons. The SMILES string of the molecule is CNCCC1CC=C(C(F)(F)F)CC1. The van der Waals surface area contributed by atoms with Gasteiger partial charge in [0.05, 0.1) is 0 Å². The molecule has 0 bridgehead atoms. The van der Waals surface area contributed by atoms with Gasteiger partial charge in [0.25, 0.3) is 0 Å². The fraction of sp³-hybridized carbons (Fsp3) is 0.800. The summed E-state index contributed by atoms with van der Waals surface area (Å²) in [6.45, 7) is 0.889. The Kier molecular flexibility index (Phi) is 3.98. The lowest BCUT2D eigenvalue weighted by atomic mass is 9.87. The maximum atomic E-state index is 12.2. The molecule has 1 atom stereocenters. The van der Waals surface area contributed by atoms with E-state index in [2.05, 4.69) is 5.32 Å². The van der Waals surface area contributed by atoms with E-state index in [1.807, 2.05) is 7.05 Å². The van der Waals surface area contributed by atoms with Crippen LogP contribution in [0.5, 0.6) is 0 Å². The number of hydrogen-bond acceptors (Lipinski definition) is 1. The average molecular weight is 207 g/mol. The van der Waals surface area contributed by atoms with Gasteiger partial charge in [-0.05, 0) is 45.2 Å². The molecule has 0 aliphatic heterocycles. The van der Waals surface area contributed by atoms with Crippen LogP contribution in [0, 0.1) is 5.92 Å². The zero-order valence-electron chi connectivity index (χ0n) is 8.32. The third kappa shape index (κ3) is 3.33. The molecule has 0 aromatic rings. The lowest BCUT2D eigenvalue weighted by molar-refractivity contribution is -0.0956. The molecule has 1 unspecified atom stereocenters. The number of rotatable bonds is 3. The molecule has 0 aromatic carbocycles. The van der Waals surface area contributed by atoms with E-state index < -0.39 is 6.18 Å². The molecule has 0 saturated heterocycles. The molecule has 1 aliphatic rings. The number of allylic oxidation sites excluding steroid dienone is 2. The molecule has 0 fully saturated rings. The summed E-state index contributed by atoms with van der Waals surface area (Å²) in [4.78, 5) is 0. The Hall–Kier alpha value is -0.510. The van der Waals surface area contributed by atoms with E-state index in [0.717, 1.165) is 13.0 Å². The molecule has 0 amide bonds. The molecule has 1 rings (SSSR count). The van der Waals surface area contributed by atoms with Gasteiger partial charge in [-0.1, -0.05) is 6.08 Å². The van der Waals surface area contributed by atoms with E-state index >= 15 is 0 Å². The van der Waals surface area contributed by atoms with E-state index in [1.54, 1.807) is 0 Å². The Bertz CT molecular complexity index is 208. The van der Waals surface area contributed by atoms with E-state index in [4.69, 9.17) is 0 Å². The van der Waals surface area contributed by atoms with Crippen molar-refractivity contribution in [1.82, 2.24) is 5.32 Å². The molecule has 0 radical (unpaired) electrons. The minimum absolute atomic E-state index is 0.192. The molecule has 0 heterocycles. The van der Waals surface area contributed by atoms with Crippen LogP contribution in [-0.4, -0.2) is 19.8 Å². The van der Waals surface area contributed by atoms with Gasteiger partial charge in [-0.25, -0.2) is 0 Å². The Labute approximate surface area is 82.4 Å². The van der Waals surface area contributed by atoms with Crippen LogP contribution in [0.4, 0.5) is 13.2 Å². The van der Waals surface area contributed by atoms with Gasteiger partial charge in [0.15, 0.2) is 0 Å². The smallest absolute Gasteiger partial charge is 0.320 e. The Morgan fingerprint density at radius 2 is 2.21 bits per heavy atom. The van der Waals surface area contributed by atoms with Crippen LogP contribution in [0.2, 0.25) is 0 Å². The van der Waals surface area contributed by atoms with Crippen molar-refractivity contribution >= 4 is 0 Å². The minimum atomic E-state index is -4.10. The van der Waals surface area contributed by atoms with Gasteiger partial charge in [0, 0.05) is 5.57 Å². The van der Waals surface area contributed by atoms with Crippen LogP contribution in [0.15, 0.2) is 11.6 Å². The van der Waals surface area contributed by atoms with Gasteiger partial charge in [-0.2, -0.15) is 13.2 Å². The third-order valence-corrected chi connectivity index (χ3v) is 2.69. The monoisotopic (exact) mass is 207 g/mol. The molecule has 0 aromatic heterocycles. The molecule has 1 nitrogen and oxygen atoms in total. The van der Waals surface area contributed by atoms with Crippen LogP contribution >= 0.6 is 0 Å². The molecule has 0 spiro atoms. The van der Waals surface area contributed by atoms with Crippen molar-refractivity contribution in [3.8, 4) is 0 Å². The summed E-state index contributed by atoms with van der Waals surface area (Å²) >= 11 is 0. The second kappa shape index (κ2) is 4.82. The highest BCUT2D eigenvalue weighted by Crippen LogP contribution is 2.35. The van der Waals surface area contributed by atoms with Crippen molar-refractivity contribution in [2.45, 2.75) is 31.9 Å². The summed E-state index contributed by atoms with van der Waals surface area (Å²) in [5.74, 6) is 0.425. The zero-order chi connectivity index (χ0) is 10.6. The molecular weight excluding hydrogens is 191 g/mol. The number of hydrogen-bond donors (Lipinski definition) is 1. The summed E-state index contributed by atoms with van der Waals surface area (Å²) in [6, 6.07) is 0. The first-order chi connectivity index (χ1) is 6.54. The standard InChI is InChI=1S/C10H16F3N/c1-14-7-6-8-2-4-9(5-3-8)10(11,12)13/h4,8,14H,2-3,5-7H2,1H3. The van der Waals surface area contributed by atoms with Crippen molar-refractivity contribution in [3.05, 3.63) is 11.6 Å². The Morgan fingerprint density at radius 3 is 2.64 bits per heavy atom. The Balaban J connectivity index is 2.39. The second-order valence-electron chi connectivity index (χ2n) is 3.76. The quantitative estimate of drug-likeness (QED) is 0.702. The van der Waals surface area contributed by atoms with Crippen molar-refractivity contribution in [3.63, 3.8) is 0 Å². The van der Waals surface area contributed by atoms with Crippen molar-refractivity contribution < 1.29 is 13.2 Å². The first kappa shape index (κ1) is 11.6. The Morgan fingerprint density at radius 1 is 1.50 bits per heavy atom. The lowest BCUT2D eigenvalue weighted by Gasteiger charge is -2.22. The molecule has 1 aliphatic carbocycles. The highest BCUT2D eigenvalue weighted by molar-refractivity contribution is 5.12. The fourth-order valence-electron chi connectivity index (χ4n) is 1.76. The van der Waals surface area contributed by atoms with Crippen LogP contribution in [0.3, 0.4) is 0 Å². The van der Waals surface area contributed by atoms with Gasteiger partial charge in [0.1, 0.15) is 0 Å². The maximum absolute atomic E-state index is 12.2. The van der Waals surface area contributed by atoms with Crippen molar-refractivity contribution in [2.75, 3.05) is 13.6 Å². The highest BCUT2D eigenvalue weighted by atomic mass is 19.4. The van der Waals surface area contributed by atoms with Gasteiger partial charge in [-0.15, -0.1) is 0 Å². The maximum Gasteiger partial charge on any atom is 0.412 e. The summed E-state index contributed by atoms with van der Waals surface area (Å²) in [6.07, 6.45) is -0.322. The predicted molar refractivity (Wildman–Crippen MR) is 50.0 cm³/mol. The van der Waals surface area contributed by atoms with Crippen LogP contribution in [0.25, 0.3) is 0 Å². The first-order valence-electron chi connectivity index (χ1n) is 4.95. The molecule has 4 heteroatoms. The van der Waals surface area contributed by atoms with E-state index in [9.17, 15) is 13.2 Å². The van der Waals surface area contributed by atoms with Gasteiger partial charge in [0.2, 0.25) is 0 Å². The summed E-state index contributed by atoms with van der Waals surface area (Å²) in [5.41, 5.74) is -0.335. The highest BCUT2D eigenvalue weighted by Gasteiger charge is 2.34. The lowest BCUT2D eigenvalue weighted by Crippen LogP contribution is -2.19. The van der Waals surface area contributed by atoms with Crippen LogP contribution in [-0.2, 0) is 0 Å². The first-order valence-corrected chi connectivity index (χ1v) is 4.95. The zero-order valence-corrected chi connectivity index (χ0v) is 8.32. The van der Waals surface area contributed by atoms with E-state index in [0.29, 0.717) is 18.8 Å². The minimum Gasteiger partial charge on any atom is -0.320 e. The van der Waals surface area contributed by atoms with Gasteiger partial charge >= 0.3 is 6.18 Å².